The molecule has 1 fully saturated rings. The Kier molecular flexibility index (Phi) is 7.70. The Labute approximate surface area is 120 Å². The third-order valence-corrected chi connectivity index (χ3v) is 3.28. The summed E-state index contributed by atoms with van der Waals surface area (Å²) >= 11 is 0. The van der Waals surface area contributed by atoms with Crippen molar-refractivity contribution in [2.24, 2.45) is 0 Å². The maximum absolute atomic E-state index is 11.3. The molecule has 1 rings (SSSR count). The van der Waals surface area contributed by atoms with Gasteiger partial charge in [0.05, 0.1) is 0 Å². The van der Waals surface area contributed by atoms with E-state index in [2.05, 4.69) is 23.8 Å². The van der Waals surface area contributed by atoms with E-state index in [1.807, 2.05) is 0 Å². The second kappa shape index (κ2) is 9.34. The van der Waals surface area contributed by atoms with Crippen molar-refractivity contribution in [3.8, 4) is 0 Å². The maximum atomic E-state index is 11.3. The number of rotatable bonds is 9. The molecule has 0 radical (unpaired) electrons. The van der Waals surface area contributed by atoms with Gasteiger partial charge in [-0.25, -0.2) is 4.79 Å². The fraction of sp³-hybridized carbons (Fsp3) is 0.625. The van der Waals surface area contributed by atoms with Gasteiger partial charge in [-0.05, 0) is 25.7 Å². The van der Waals surface area contributed by atoms with Crippen LogP contribution in [0.25, 0.3) is 0 Å². The van der Waals surface area contributed by atoms with Gasteiger partial charge in [-0.2, -0.15) is 0 Å². The van der Waals surface area contributed by atoms with Gasteiger partial charge in [0.25, 0.3) is 0 Å². The van der Waals surface area contributed by atoms with Gasteiger partial charge < -0.3 is 9.84 Å². The molecule has 1 aliphatic heterocycles. The van der Waals surface area contributed by atoms with E-state index in [1.165, 1.54) is 25.7 Å². The summed E-state index contributed by atoms with van der Waals surface area (Å²) in [5.74, 6) is -1.24. The number of ketones is 1. The number of unbranched alkanes of at least 4 members (excludes halogenated alkanes) is 5. The largest absolute Gasteiger partial charge is 0.511 e. The predicted octanol–water partition coefficient (Wildman–Crippen LogP) is 3.62. The third-order valence-electron chi connectivity index (χ3n) is 3.28. The van der Waals surface area contributed by atoms with Gasteiger partial charge in [0.2, 0.25) is 5.78 Å². The number of esters is 1. The summed E-state index contributed by atoms with van der Waals surface area (Å²) in [5.41, 5.74) is -0.159. The quantitative estimate of drug-likeness (QED) is 0.175. The van der Waals surface area contributed by atoms with E-state index >= 15 is 0 Å². The summed E-state index contributed by atoms with van der Waals surface area (Å²) < 4.78 is 4.57. The fourth-order valence-corrected chi connectivity index (χ4v) is 2.11. The molecule has 4 nitrogen and oxygen atoms in total. The minimum Gasteiger partial charge on any atom is -0.511 e. The highest BCUT2D eigenvalue weighted by molar-refractivity contribution is 6.22. The molecule has 0 spiro atoms. The minimum atomic E-state index is -0.695. The standard InChI is InChI=1S/C16H24O4/c1-2-3-4-5-6-7-8-9-10-11-13(17)15-14(18)12-20-16(15)19/h7-8,17H,2-6,9-12H2,1H3/b8-7-,15-13?. The molecule has 0 aromatic heterocycles. The predicted molar refractivity (Wildman–Crippen MR) is 77.4 cm³/mol. The molecule has 1 aliphatic rings. The monoisotopic (exact) mass is 280 g/mol. The summed E-state index contributed by atoms with van der Waals surface area (Å²) in [4.78, 5) is 22.5. The molecule has 4 heteroatoms. The first-order valence-electron chi connectivity index (χ1n) is 7.44. The smallest absolute Gasteiger partial charge is 0.345 e. The number of hydrogen-bond acceptors (Lipinski definition) is 4. The van der Waals surface area contributed by atoms with E-state index in [4.69, 9.17) is 0 Å². The number of carbonyl (C=O) groups is 2. The van der Waals surface area contributed by atoms with Gasteiger partial charge in [-0.3, -0.25) is 4.79 Å². The van der Waals surface area contributed by atoms with Crippen LogP contribution in [-0.4, -0.2) is 23.5 Å². The van der Waals surface area contributed by atoms with Crippen LogP contribution in [0.1, 0.15) is 58.3 Å². The number of aliphatic hydroxyl groups excluding tert-OH is 1. The van der Waals surface area contributed by atoms with Crippen molar-refractivity contribution in [3.05, 3.63) is 23.5 Å². The lowest BCUT2D eigenvalue weighted by Crippen LogP contribution is -2.05. The van der Waals surface area contributed by atoms with Gasteiger partial charge in [0, 0.05) is 6.42 Å². The first-order valence-corrected chi connectivity index (χ1v) is 7.44. The first kappa shape index (κ1) is 16.5. The Morgan fingerprint density at radius 3 is 2.45 bits per heavy atom. The molecule has 20 heavy (non-hydrogen) atoms. The maximum Gasteiger partial charge on any atom is 0.345 e. The van der Waals surface area contributed by atoms with E-state index in [9.17, 15) is 14.7 Å². The highest BCUT2D eigenvalue weighted by Gasteiger charge is 2.31. The summed E-state index contributed by atoms with van der Waals surface area (Å²) in [6.45, 7) is 1.96. The Morgan fingerprint density at radius 2 is 1.85 bits per heavy atom. The second-order valence-electron chi connectivity index (χ2n) is 5.03. The lowest BCUT2D eigenvalue weighted by atomic mass is 10.1. The topological polar surface area (TPSA) is 63.6 Å². The number of carbonyl (C=O) groups excluding carboxylic acids is 2. The van der Waals surface area contributed by atoms with Crippen molar-refractivity contribution >= 4 is 11.8 Å². The zero-order valence-corrected chi connectivity index (χ0v) is 12.2. The van der Waals surface area contributed by atoms with Crippen molar-refractivity contribution in [2.75, 3.05) is 6.61 Å². The first-order chi connectivity index (χ1) is 9.66. The van der Waals surface area contributed by atoms with Crippen molar-refractivity contribution in [3.63, 3.8) is 0 Å². The van der Waals surface area contributed by atoms with E-state index < -0.39 is 11.8 Å². The molecular formula is C16H24O4. The van der Waals surface area contributed by atoms with Crippen LogP contribution in [0.4, 0.5) is 0 Å². The van der Waals surface area contributed by atoms with Crippen LogP contribution in [-0.2, 0) is 14.3 Å². The Balaban J connectivity index is 2.18. The number of Topliss-reactive ketones (excluding diaryl/α,β-unsaturated/α-hetero) is 1. The van der Waals surface area contributed by atoms with Crippen molar-refractivity contribution in [1.82, 2.24) is 0 Å². The second-order valence-corrected chi connectivity index (χ2v) is 5.03. The zero-order valence-electron chi connectivity index (χ0n) is 12.2. The van der Waals surface area contributed by atoms with Crippen molar-refractivity contribution < 1.29 is 19.4 Å². The van der Waals surface area contributed by atoms with Crippen LogP contribution in [0, 0.1) is 0 Å². The summed E-state index contributed by atoms with van der Waals surface area (Å²) in [6.07, 6.45) is 12.3. The molecule has 0 amide bonds. The Bertz CT molecular complexity index is 375. The van der Waals surface area contributed by atoms with E-state index in [0.29, 0.717) is 6.42 Å². The number of allylic oxidation sites excluding steroid dienone is 3. The lowest BCUT2D eigenvalue weighted by Gasteiger charge is -2.00. The van der Waals surface area contributed by atoms with E-state index in [0.717, 1.165) is 19.3 Å². The summed E-state index contributed by atoms with van der Waals surface area (Å²) in [6, 6.07) is 0. The number of aliphatic hydroxyl groups is 1. The van der Waals surface area contributed by atoms with Crippen LogP contribution in [0.15, 0.2) is 23.5 Å². The van der Waals surface area contributed by atoms with Crippen LogP contribution in [0.5, 0.6) is 0 Å². The van der Waals surface area contributed by atoms with Crippen LogP contribution >= 0.6 is 0 Å². The molecule has 112 valence electrons. The van der Waals surface area contributed by atoms with E-state index in [-0.39, 0.29) is 17.9 Å². The van der Waals surface area contributed by atoms with Crippen molar-refractivity contribution in [1.29, 1.82) is 0 Å². The highest BCUT2D eigenvalue weighted by atomic mass is 16.5. The molecule has 1 heterocycles. The molecule has 0 saturated carbocycles. The van der Waals surface area contributed by atoms with Gasteiger partial charge in [-0.1, -0.05) is 38.3 Å². The average Bonchev–Trinajstić information content (AvgIpc) is 2.76. The van der Waals surface area contributed by atoms with Gasteiger partial charge in [0.15, 0.2) is 6.61 Å². The fourth-order valence-electron chi connectivity index (χ4n) is 2.11. The highest BCUT2D eigenvalue weighted by Crippen LogP contribution is 2.17. The average molecular weight is 280 g/mol. The molecular weight excluding hydrogens is 256 g/mol. The number of cyclic esters (lactones) is 1. The molecule has 0 atom stereocenters. The van der Waals surface area contributed by atoms with Gasteiger partial charge >= 0.3 is 5.97 Å². The summed E-state index contributed by atoms with van der Waals surface area (Å²) in [5, 5.41) is 9.72. The molecule has 0 aromatic carbocycles. The molecule has 1 N–H and O–H groups in total. The van der Waals surface area contributed by atoms with Crippen LogP contribution < -0.4 is 0 Å². The normalized spacial score (nSPS) is 17.9. The number of ether oxygens (including phenoxy) is 1. The minimum absolute atomic E-state index is 0.131. The molecule has 0 bridgehead atoms. The number of hydrogen-bond donors (Lipinski definition) is 1. The third kappa shape index (κ3) is 5.59. The molecule has 0 aliphatic carbocycles. The Morgan fingerprint density at radius 1 is 1.15 bits per heavy atom. The van der Waals surface area contributed by atoms with Crippen LogP contribution in [0.2, 0.25) is 0 Å². The Hall–Kier alpha value is -1.58. The van der Waals surface area contributed by atoms with Crippen LogP contribution in [0.3, 0.4) is 0 Å². The molecule has 0 aromatic rings. The van der Waals surface area contributed by atoms with Gasteiger partial charge in [-0.15, -0.1) is 0 Å². The van der Waals surface area contributed by atoms with Gasteiger partial charge in [0.1, 0.15) is 11.3 Å². The van der Waals surface area contributed by atoms with Crippen molar-refractivity contribution in [2.45, 2.75) is 58.3 Å². The lowest BCUT2D eigenvalue weighted by molar-refractivity contribution is -0.135. The SMILES string of the molecule is CCCCCC/C=C\CCCC(O)=C1C(=O)COC1=O. The molecule has 1 saturated heterocycles. The zero-order chi connectivity index (χ0) is 14.8. The molecule has 0 unspecified atom stereocenters. The summed E-state index contributed by atoms with van der Waals surface area (Å²) in [7, 11) is 0. The van der Waals surface area contributed by atoms with E-state index in [1.54, 1.807) is 0 Å².